The maximum Gasteiger partial charge on any atom is 0.252 e. The molecule has 4 aromatic rings. The topological polar surface area (TPSA) is 54.9 Å². The molecule has 4 nitrogen and oxygen atoms in total. The number of hydrogen-bond donors (Lipinski definition) is 1. The Bertz CT molecular complexity index is 1260. The van der Waals surface area contributed by atoms with Crippen LogP contribution in [-0.4, -0.2) is 15.9 Å². The van der Waals surface area contributed by atoms with Crippen LogP contribution in [0.15, 0.2) is 60.9 Å². The summed E-state index contributed by atoms with van der Waals surface area (Å²) in [5, 5.41) is 7.36. The van der Waals surface area contributed by atoms with Crippen LogP contribution in [0.3, 0.4) is 0 Å². The molecule has 0 unspecified atom stereocenters. The molecule has 1 aliphatic carbocycles. The molecule has 0 saturated carbocycles. The lowest BCUT2D eigenvalue weighted by atomic mass is 9.93. The number of fused-ring (bicyclic) bond motifs is 5. The van der Waals surface area contributed by atoms with Gasteiger partial charge in [0, 0.05) is 17.1 Å². The SMILES string of the molecule is Cc1cnc(CNC(=O)c2cccc3ccc4c5c(ccc4c23)CC=C5)cn1. The molecule has 0 aliphatic heterocycles. The lowest BCUT2D eigenvalue weighted by molar-refractivity contribution is 0.0952. The summed E-state index contributed by atoms with van der Waals surface area (Å²) >= 11 is 0. The van der Waals surface area contributed by atoms with Gasteiger partial charge in [0.15, 0.2) is 0 Å². The highest BCUT2D eigenvalue weighted by atomic mass is 16.1. The maximum atomic E-state index is 13.0. The minimum atomic E-state index is -0.100. The number of aryl methyl sites for hydroxylation is 1. The molecule has 1 N–H and O–H groups in total. The van der Waals surface area contributed by atoms with Gasteiger partial charge in [0.2, 0.25) is 0 Å². The molecule has 1 heterocycles. The number of nitrogens with one attached hydrogen (secondary N) is 1. The van der Waals surface area contributed by atoms with E-state index in [1.807, 2.05) is 19.1 Å². The summed E-state index contributed by atoms with van der Waals surface area (Å²) in [5.41, 5.74) is 4.89. The number of carbonyl (C=O) groups excluding carboxylic acids is 1. The van der Waals surface area contributed by atoms with E-state index >= 15 is 0 Å². The van der Waals surface area contributed by atoms with E-state index in [1.165, 1.54) is 16.5 Å². The van der Waals surface area contributed by atoms with Gasteiger partial charge in [0.1, 0.15) is 0 Å². The van der Waals surface area contributed by atoms with Crippen molar-refractivity contribution < 1.29 is 4.79 Å². The number of hydrogen-bond acceptors (Lipinski definition) is 3. The van der Waals surface area contributed by atoms with Gasteiger partial charge in [0.25, 0.3) is 5.91 Å². The molecule has 0 fully saturated rings. The van der Waals surface area contributed by atoms with Crippen LogP contribution in [0.2, 0.25) is 0 Å². The monoisotopic (exact) mass is 365 g/mol. The average molecular weight is 365 g/mol. The van der Waals surface area contributed by atoms with E-state index in [9.17, 15) is 4.79 Å². The Morgan fingerprint density at radius 3 is 2.79 bits per heavy atom. The first-order valence-corrected chi connectivity index (χ1v) is 9.40. The second-order valence-electron chi connectivity index (χ2n) is 7.14. The van der Waals surface area contributed by atoms with E-state index in [-0.39, 0.29) is 5.91 Å². The van der Waals surface area contributed by atoms with Crippen molar-refractivity contribution >= 4 is 33.5 Å². The van der Waals surface area contributed by atoms with Crippen molar-refractivity contribution in [2.75, 3.05) is 0 Å². The summed E-state index contributed by atoms with van der Waals surface area (Å²) in [6.07, 6.45) is 8.76. The zero-order valence-electron chi connectivity index (χ0n) is 15.6. The summed E-state index contributed by atoms with van der Waals surface area (Å²) in [6.45, 7) is 2.24. The number of aromatic nitrogens is 2. The fourth-order valence-corrected chi connectivity index (χ4v) is 3.91. The summed E-state index contributed by atoms with van der Waals surface area (Å²) in [5.74, 6) is -0.100. The Balaban J connectivity index is 1.58. The first-order chi connectivity index (χ1) is 13.7. The van der Waals surface area contributed by atoms with Crippen LogP contribution in [0.25, 0.3) is 27.6 Å². The van der Waals surface area contributed by atoms with Crippen molar-refractivity contribution in [3.05, 3.63) is 89.0 Å². The molecule has 4 heteroatoms. The predicted molar refractivity (Wildman–Crippen MR) is 112 cm³/mol. The third-order valence-corrected chi connectivity index (χ3v) is 5.30. The molecule has 0 bridgehead atoms. The van der Waals surface area contributed by atoms with E-state index in [0.717, 1.165) is 34.0 Å². The highest BCUT2D eigenvalue weighted by Crippen LogP contribution is 2.34. The largest absolute Gasteiger partial charge is 0.346 e. The van der Waals surface area contributed by atoms with Crippen LogP contribution >= 0.6 is 0 Å². The number of benzene rings is 3. The lowest BCUT2D eigenvalue weighted by Crippen LogP contribution is -2.23. The van der Waals surface area contributed by atoms with Crippen LogP contribution in [0.1, 0.15) is 32.9 Å². The first kappa shape index (κ1) is 16.6. The number of nitrogens with zero attached hydrogens (tertiary/aromatic N) is 2. The van der Waals surface area contributed by atoms with Crippen LogP contribution < -0.4 is 5.32 Å². The minimum Gasteiger partial charge on any atom is -0.346 e. The molecule has 1 amide bonds. The fourth-order valence-electron chi connectivity index (χ4n) is 3.91. The second-order valence-corrected chi connectivity index (χ2v) is 7.14. The van der Waals surface area contributed by atoms with Gasteiger partial charge in [-0.25, -0.2) is 0 Å². The third kappa shape index (κ3) is 2.74. The van der Waals surface area contributed by atoms with Gasteiger partial charge >= 0.3 is 0 Å². The summed E-state index contributed by atoms with van der Waals surface area (Å²) in [4.78, 5) is 21.5. The Morgan fingerprint density at radius 1 is 1.04 bits per heavy atom. The molecular formula is C24H19N3O. The molecular weight excluding hydrogens is 346 g/mol. The van der Waals surface area contributed by atoms with Crippen molar-refractivity contribution in [1.29, 1.82) is 0 Å². The van der Waals surface area contributed by atoms with Gasteiger partial charge in [-0.1, -0.05) is 48.6 Å². The van der Waals surface area contributed by atoms with Crippen LogP contribution in [-0.2, 0) is 13.0 Å². The molecule has 1 aromatic heterocycles. The lowest BCUT2D eigenvalue weighted by Gasteiger charge is -2.12. The zero-order valence-corrected chi connectivity index (χ0v) is 15.6. The molecule has 28 heavy (non-hydrogen) atoms. The first-order valence-electron chi connectivity index (χ1n) is 9.40. The summed E-state index contributed by atoms with van der Waals surface area (Å²) < 4.78 is 0. The minimum absolute atomic E-state index is 0.100. The van der Waals surface area contributed by atoms with Crippen LogP contribution in [0.5, 0.6) is 0 Å². The van der Waals surface area contributed by atoms with Crippen LogP contribution in [0.4, 0.5) is 0 Å². The summed E-state index contributed by atoms with van der Waals surface area (Å²) in [6, 6.07) is 14.5. The predicted octanol–water partition coefficient (Wildman–Crippen LogP) is 4.59. The second kappa shape index (κ2) is 6.57. The van der Waals surface area contributed by atoms with Gasteiger partial charge in [-0.3, -0.25) is 14.8 Å². The molecule has 3 aromatic carbocycles. The van der Waals surface area contributed by atoms with E-state index in [1.54, 1.807) is 12.4 Å². The van der Waals surface area contributed by atoms with E-state index in [4.69, 9.17) is 0 Å². The quantitative estimate of drug-likeness (QED) is 0.540. The standard InChI is InChI=1S/C24H19N3O/c1-15-12-26-18(13-25-15)14-27-24(28)22-7-3-5-17-9-10-20-19-6-2-4-16(19)8-11-21(20)23(17)22/h2-3,5-13H,4,14H2,1H3,(H,27,28). The number of rotatable bonds is 3. The molecule has 0 radical (unpaired) electrons. The van der Waals surface area contributed by atoms with Crippen molar-refractivity contribution in [3.63, 3.8) is 0 Å². The normalized spacial score (nSPS) is 12.5. The average Bonchev–Trinajstić information content (AvgIpc) is 3.21. The van der Waals surface area contributed by atoms with Crippen LogP contribution in [0, 0.1) is 6.92 Å². The van der Waals surface area contributed by atoms with Crippen molar-refractivity contribution in [1.82, 2.24) is 15.3 Å². The van der Waals surface area contributed by atoms with Gasteiger partial charge in [-0.05, 0) is 46.7 Å². The molecule has 0 saturated heterocycles. The Kier molecular flexibility index (Phi) is 3.90. The molecule has 1 aliphatic rings. The molecule has 0 atom stereocenters. The molecule has 5 rings (SSSR count). The number of allylic oxidation sites excluding steroid dienone is 1. The smallest absolute Gasteiger partial charge is 0.252 e. The highest BCUT2D eigenvalue weighted by Gasteiger charge is 2.16. The van der Waals surface area contributed by atoms with Gasteiger partial charge in [0.05, 0.1) is 24.1 Å². The van der Waals surface area contributed by atoms with Gasteiger partial charge in [-0.15, -0.1) is 0 Å². The summed E-state index contributed by atoms with van der Waals surface area (Å²) in [7, 11) is 0. The Hall–Kier alpha value is -3.53. The van der Waals surface area contributed by atoms with Crippen molar-refractivity contribution in [2.45, 2.75) is 19.9 Å². The van der Waals surface area contributed by atoms with Crippen molar-refractivity contribution in [2.24, 2.45) is 0 Å². The molecule has 0 spiro atoms. The number of carbonyl (C=O) groups is 1. The van der Waals surface area contributed by atoms with Gasteiger partial charge < -0.3 is 5.32 Å². The fraction of sp³-hybridized carbons (Fsp3) is 0.125. The van der Waals surface area contributed by atoms with E-state index in [0.29, 0.717) is 12.1 Å². The third-order valence-electron chi connectivity index (χ3n) is 5.30. The van der Waals surface area contributed by atoms with Crippen molar-refractivity contribution in [3.8, 4) is 0 Å². The maximum absolute atomic E-state index is 13.0. The van der Waals surface area contributed by atoms with Gasteiger partial charge in [-0.2, -0.15) is 0 Å². The Morgan fingerprint density at radius 2 is 1.93 bits per heavy atom. The zero-order chi connectivity index (χ0) is 19.1. The number of amides is 1. The molecule has 136 valence electrons. The van der Waals surface area contributed by atoms with E-state index in [2.05, 4.69) is 57.8 Å². The highest BCUT2D eigenvalue weighted by molar-refractivity contribution is 6.19. The van der Waals surface area contributed by atoms with E-state index < -0.39 is 0 Å². The Labute approximate surface area is 162 Å².